The van der Waals surface area contributed by atoms with Crippen molar-refractivity contribution in [3.63, 3.8) is 0 Å². The molecule has 0 spiro atoms. The van der Waals surface area contributed by atoms with Gasteiger partial charge in [0.15, 0.2) is 0 Å². The van der Waals surface area contributed by atoms with E-state index in [4.69, 9.17) is 10.7 Å². The number of H-pyrrole nitrogens is 1. The van der Waals surface area contributed by atoms with E-state index in [1.165, 1.54) is 30.6 Å². The summed E-state index contributed by atoms with van der Waals surface area (Å²) in [5.74, 6) is -0.329. The van der Waals surface area contributed by atoms with Crippen molar-refractivity contribution < 1.29 is 8.78 Å². The number of benzene rings is 2. The Morgan fingerprint density at radius 1 is 1.12 bits per heavy atom. The molecule has 3 rings (SSSR count). The monoisotopic (exact) mass is 583 g/mol. The van der Waals surface area contributed by atoms with Gasteiger partial charge in [-0.05, 0) is 74.9 Å². The number of aliphatic imine (C=N–C) groups is 1. The van der Waals surface area contributed by atoms with E-state index >= 15 is 0 Å². The van der Waals surface area contributed by atoms with Gasteiger partial charge in [0, 0.05) is 52.6 Å². The Labute approximate surface area is 255 Å². The van der Waals surface area contributed by atoms with Crippen molar-refractivity contribution >= 4 is 28.6 Å². The Kier molecular flexibility index (Phi) is 15.6. The standard InChI is InChI=1S/C31H33F2N5.C3H4.C2H6/c1-7-10-11-25(23-12-21(17-35-6)13-24(32)14-23)30-20(5)37-31(38-30)19(4)26-15-27(28(33)16-29(26)34)22(8-2)18-36-9-3;1-3-2;1-2/h7-16,18,35H,3-4,17,34H2,1-2,5-6H3,(H,37,38);1-2H2;1-2H3/b10-7-,22-8+,25-11-,36-18?;;. The third-order valence-electron chi connectivity index (χ3n) is 5.94. The fourth-order valence-electron chi connectivity index (χ4n) is 4.11. The van der Waals surface area contributed by atoms with Gasteiger partial charge in [0.2, 0.25) is 0 Å². The predicted molar refractivity (Wildman–Crippen MR) is 182 cm³/mol. The van der Waals surface area contributed by atoms with Crippen molar-refractivity contribution in [2.45, 2.75) is 41.2 Å². The highest BCUT2D eigenvalue weighted by Crippen LogP contribution is 2.33. The molecule has 0 radical (unpaired) electrons. The van der Waals surface area contributed by atoms with Crippen LogP contribution in [0.5, 0.6) is 0 Å². The van der Waals surface area contributed by atoms with Crippen LogP contribution in [-0.4, -0.2) is 23.2 Å². The number of halogens is 2. The maximum Gasteiger partial charge on any atom is 0.138 e. The highest BCUT2D eigenvalue weighted by molar-refractivity contribution is 6.10. The van der Waals surface area contributed by atoms with Gasteiger partial charge in [-0.1, -0.05) is 64.5 Å². The third kappa shape index (κ3) is 9.89. The molecule has 226 valence electrons. The second-order valence-electron chi connectivity index (χ2n) is 8.90. The Balaban J connectivity index is 0.00000174. The molecule has 1 aromatic heterocycles. The first-order valence-electron chi connectivity index (χ1n) is 13.9. The number of nitrogens with one attached hydrogen (secondary N) is 2. The lowest BCUT2D eigenvalue weighted by atomic mass is 9.97. The van der Waals surface area contributed by atoms with Crippen LogP contribution in [0.1, 0.15) is 67.2 Å². The molecule has 0 atom stereocenters. The highest BCUT2D eigenvalue weighted by Gasteiger charge is 2.19. The fourth-order valence-corrected chi connectivity index (χ4v) is 4.11. The Morgan fingerprint density at radius 3 is 2.37 bits per heavy atom. The number of aryl methyl sites for hydroxylation is 1. The average Bonchev–Trinajstić information content (AvgIpc) is 3.36. The Bertz CT molecular complexity index is 1560. The molecule has 1 heterocycles. The van der Waals surface area contributed by atoms with E-state index in [2.05, 4.69) is 47.3 Å². The molecular weight excluding hydrogens is 540 g/mol. The molecule has 3 aromatic rings. The summed E-state index contributed by atoms with van der Waals surface area (Å²) in [5.41, 5.74) is 14.3. The first-order valence-corrected chi connectivity index (χ1v) is 13.9. The van der Waals surface area contributed by atoms with E-state index in [-0.39, 0.29) is 11.5 Å². The van der Waals surface area contributed by atoms with E-state index in [9.17, 15) is 8.78 Å². The summed E-state index contributed by atoms with van der Waals surface area (Å²) >= 11 is 0. The van der Waals surface area contributed by atoms with Crippen molar-refractivity contribution in [2.24, 2.45) is 4.99 Å². The number of rotatable bonds is 10. The van der Waals surface area contributed by atoms with Crippen molar-refractivity contribution in [3.8, 4) is 0 Å². The number of nitrogen functional groups attached to an aromatic ring is 1. The number of hydrogen-bond donors (Lipinski definition) is 3. The number of imidazole rings is 1. The summed E-state index contributed by atoms with van der Waals surface area (Å²) < 4.78 is 29.4. The summed E-state index contributed by atoms with van der Waals surface area (Å²) in [4.78, 5) is 12.1. The van der Waals surface area contributed by atoms with Crippen molar-refractivity contribution in [1.82, 2.24) is 15.3 Å². The minimum absolute atomic E-state index is 0.231. The molecule has 0 aliphatic carbocycles. The van der Waals surface area contributed by atoms with Crippen LogP contribution in [0, 0.1) is 18.6 Å². The zero-order valence-electron chi connectivity index (χ0n) is 26.1. The molecule has 43 heavy (non-hydrogen) atoms. The van der Waals surface area contributed by atoms with E-state index in [0.717, 1.165) is 16.8 Å². The Morgan fingerprint density at radius 2 is 1.79 bits per heavy atom. The van der Waals surface area contributed by atoms with Gasteiger partial charge in [-0.2, -0.15) is 0 Å². The molecule has 0 amide bonds. The molecule has 0 saturated carbocycles. The zero-order chi connectivity index (χ0) is 32.5. The van der Waals surface area contributed by atoms with Crippen LogP contribution in [0.3, 0.4) is 0 Å². The van der Waals surface area contributed by atoms with Crippen molar-refractivity contribution in [2.75, 3.05) is 12.8 Å². The summed E-state index contributed by atoms with van der Waals surface area (Å²) in [7, 11) is 1.81. The summed E-state index contributed by atoms with van der Waals surface area (Å²) in [6, 6.07) is 7.84. The third-order valence-corrected chi connectivity index (χ3v) is 5.94. The molecule has 0 saturated heterocycles. The van der Waals surface area contributed by atoms with Crippen LogP contribution >= 0.6 is 0 Å². The van der Waals surface area contributed by atoms with Crippen LogP contribution in [-0.2, 0) is 6.54 Å². The number of aromatic amines is 1. The largest absolute Gasteiger partial charge is 0.398 e. The van der Waals surface area contributed by atoms with E-state index < -0.39 is 5.82 Å². The molecule has 0 fully saturated rings. The zero-order valence-corrected chi connectivity index (χ0v) is 26.1. The lowest BCUT2D eigenvalue weighted by Crippen LogP contribution is -2.06. The molecule has 2 aromatic carbocycles. The highest BCUT2D eigenvalue weighted by atomic mass is 19.1. The first-order chi connectivity index (χ1) is 20.6. The number of aromatic nitrogens is 2. The van der Waals surface area contributed by atoms with Gasteiger partial charge in [0.25, 0.3) is 0 Å². The fraction of sp³-hybridized carbons (Fsp3) is 0.194. The number of nitrogens with two attached hydrogens (primary N) is 1. The van der Waals surface area contributed by atoms with E-state index in [0.29, 0.717) is 45.9 Å². The molecule has 0 aliphatic heterocycles. The number of nitrogens with zero attached hydrogens (tertiary/aromatic N) is 2. The van der Waals surface area contributed by atoms with Crippen molar-refractivity contribution in [1.29, 1.82) is 0 Å². The number of allylic oxidation sites excluding steroid dienone is 5. The maximum atomic E-state index is 14.9. The van der Waals surface area contributed by atoms with Gasteiger partial charge in [0.1, 0.15) is 17.5 Å². The SMILES string of the molecule is C=C=C.C=CN=C/C(=C\C)c1cc(C(=C)c2nc(/C(=C\C=C/C)c3cc(F)cc(CNC)c3)c(C)[nH]2)c(N)cc1F.CC. The van der Waals surface area contributed by atoms with Gasteiger partial charge in [-0.15, -0.1) is 5.73 Å². The normalized spacial score (nSPS) is 11.4. The minimum Gasteiger partial charge on any atom is -0.398 e. The molecule has 0 aliphatic rings. The second kappa shape index (κ2) is 18.6. The lowest BCUT2D eigenvalue weighted by Gasteiger charge is -2.12. The number of anilines is 1. The minimum atomic E-state index is -0.473. The van der Waals surface area contributed by atoms with Crippen molar-refractivity contribution in [3.05, 3.63) is 144 Å². The average molecular weight is 584 g/mol. The molecule has 4 N–H and O–H groups in total. The van der Waals surface area contributed by atoms with Crippen LogP contribution in [0.15, 0.2) is 97.9 Å². The molecule has 0 unspecified atom stereocenters. The molecule has 5 nitrogen and oxygen atoms in total. The van der Waals surface area contributed by atoms with Crippen LogP contribution in [0.4, 0.5) is 14.5 Å². The maximum absolute atomic E-state index is 14.9. The summed E-state index contributed by atoms with van der Waals surface area (Å²) in [5, 5.41) is 3.06. The predicted octanol–water partition coefficient (Wildman–Crippen LogP) is 8.97. The van der Waals surface area contributed by atoms with Gasteiger partial charge in [-0.25, -0.2) is 13.8 Å². The van der Waals surface area contributed by atoms with Crippen LogP contribution in [0.25, 0.3) is 16.7 Å². The van der Waals surface area contributed by atoms with Gasteiger partial charge < -0.3 is 16.0 Å². The van der Waals surface area contributed by atoms with Gasteiger partial charge in [-0.3, -0.25) is 4.99 Å². The Hall–Kier alpha value is -4.84. The summed E-state index contributed by atoms with van der Waals surface area (Å²) in [6.45, 7) is 24.1. The summed E-state index contributed by atoms with van der Waals surface area (Å²) in [6.07, 6.45) is 10.3. The van der Waals surface area contributed by atoms with Crippen LogP contribution in [0.2, 0.25) is 0 Å². The second-order valence-corrected chi connectivity index (χ2v) is 8.90. The topological polar surface area (TPSA) is 79.1 Å². The van der Waals surface area contributed by atoms with Gasteiger partial charge in [0.05, 0.1) is 5.69 Å². The quantitative estimate of drug-likeness (QED) is 0.0965. The first kappa shape index (κ1) is 36.2. The molecule has 0 bridgehead atoms. The van der Waals surface area contributed by atoms with Crippen LogP contribution < -0.4 is 11.1 Å². The smallest absolute Gasteiger partial charge is 0.138 e. The van der Waals surface area contributed by atoms with E-state index in [1.54, 1.807) is 19.1 Å². The number of hydrogen-bond acceptors (Lipinski definition) is 4. The van der Waals surface area contributed by atoms with Gasteiger partial charge >= 0.3 is 0 Å². The van der Waals surface area contributed by atoms with E-state index in [1.807, 2.05) is 59.0 Å². The molecule has 7 heteroatoms. The molecular formula is C36H43F2N5. The lowest BCUT2D eigenvalue weighted by molar-refractivity contribution is 0.623.